The second kappa shape index (κ2) is 30.1. The minimum Gasteiger partial charge on any atom is -0.363 e. The fourth-order valence-corrected chi connectivity index (χ4v) is 13.4. The zero-order chi connectivity index (χ0) is 70.3. The van der Waals surface area contributed by atoms with E-state index in [4.69, 9.17) is 117 Å². The third-order valence-corrected chi connectivity index (χ3v) is 18.9. The van der Waals surface area contributed by atoms with Crippen molar-refractivity contribution in [3.05, 3.63) is 222 Å². The number of amides is 2. The van der Waals surface area contributed by atoms with Crippen molar-refractivity contribution in [1.29, 1.82) is 0 Å². The Bertz CT molecular complexity index is 4650. The summed E-state index contributed by atoms with van der Waals surface area (Å²) < 4.78 is 119. The van der Waals surface area contributed by atoms with E-state index in [0.717, 1.165) is 24.3 Å². The lowest BCUT2D eigenvalue weighted by Gasteiger charge is -2.49. The number of aromatic nitrogens is 12. The molecule has 2 N–H and O–H groups in total. The van der Waals surface area contributed by atoms with Crippen LogP contribution in [0.15, 0.2) is 134 Å². The van der Waals surface area contributed by atoms with Gasteiger partial charge in [-0.2, -0.15) is 10.2 Å². The van der Waals surface area contributed by atoms with Gasteiger partial charge in [0.25, 0.3) is 0 Å². The highest BCUT2D eigenvalue weighted by Crippen LogP contribution is 2.50. The molecule has 2 amide bonds. The summed E-state index contributed by atoms with van der Waals surface area (Å²) in [6.07, 6.45) is -7.23. The van der Waals surface area contributed by atoms with Gasteiger partial charge in [0.1, 0.15) is 124 Å². The smallest absolute Gasteiger partial charge is 0.246 e. The van der Waals surface area contributed by atoms with Crippen LogP contribution in [0.5, 0.6) is 0 Å². The second-order valence-corrected chi connectivity index (χ2v) is 26.3. The van der Waals surface area contributed by atoms with Gasteiger partial charge in [-0.05, 0) is 87.4 Å². The Morgan fingerprint density at radius 1 is 0.545 bits per heavy atom. The molecule has 4 aromatic heterocycles. The zero-order valence-corrected chi connectivity index (χ0v) is 57.3. The van der Waals surface area contributed by atoms with Gasteiger partial charge in [0.2, 0.25) is 11.8 Å². The number of nitrogens with zero attached hydrogens (tertiary/aromatic N) is 12. The molecule has 524 valence electrons. The summed E-state index contributed by atoms with van der Waals surface area (Å²) in [7, 11) is 0. The lowest BCUT2D eigenvalue weighted by molar-refractivity contribution is -0.322. The number of nitrogens with one attached hydrogen (secondary N) is 2. The Hall–Kier alpha value is -8.04. The van der Waals surface area contributed by atoms with Crippen molar-refractivity contribution in [3.63, 3.8) is 0 Å². The second-order valence-electron chi connectivity index (χ2n) is 23.8. The highest BCUT2D eigenvalue weighted by molar-refractivity contribution is 6.35. The quantitative estimate of drug-likeness (QED) is 0.0385. The molecule has 0 bridgehead atoms. The summed E-state index contributed by atoms with van der Waals surface area (Å²) in [5.41, 5.74) is 2.16. The minimum absolute atomic E-state index is 0.0156. The number of ether oxygens (including phenoxy) is 8. The van der Waals surface area contributed by atoms with Gasteiger partial charge < -0.3 is 48.5 Å². The first-order valence-electron chi connectivity index (χ1n) is 31.5. The van der Waals surface area contributed by atoms with E-state index < -0.39 is 132 Å². The van der Waals surface area contributed by atoms with Gasteiger partial charge in [-0.1, -0.05) is 141 Å². The molecule has 0 radical (unpaired) electrons. The Morgan fingerprint density at radius 3 is 1.48 bits per heavy atom. The largest absolute Gasteiger partial charge is 0.363 e. The molecule has 12 unspecified atom stereocenters. The molecule has 14 rings (SSSR count). The molecule has 0 aliphatic carbocycles. The van der Waals surface area contributed by atoms with Gasteiger partial charge in [-0.15, -0.1) is 10.2 Å². The molecular formula is C67H56Cl6F4N14O10. The number of carbonyl (C=O) groups is 2. The maximum Gasteiger partial charge on any atom is 0.246 e. The van der Waals surface area contributed by atoms with Crippen molar-refractivity contribution in [2.24, 2.45) is 0 Å². The number of hydrogen-bond donors (Lipinski definition) is 2. The van der Waals surface area contributed by atoms with Crippen LogP contribution >= 0.6 is 69.6 Å². The van der Waals surface area contributed by atoms with Crippen LogP contribution in [-0.4, -0.2) is 141 Å². The molecular weight excluding hydrogens is 1450 g/mol. The number of unbranched alkanes of at least 4 members (excludes halogenated alkanes) is 1. The Kier molecular flexibility index (Phi) is 20.9. The van der Waals surface area contributed by atoms with Gasteiger partial charge in [0.15, 0.2) is 30.5 Å². The monoisotopic (exact) mass is 1500 g/mol. The number of carbonyl (C=O) groups excluding carboxylic acids is 2. The van der Waals surface area contributed by atoms with Crippen LogP contribution in [-0.2, 0) is 47.5 Å². The van der Waals surface area contributed by atoms with Crippen molar-refractivity contribution in [1.82, 2.24) is 70.2 Å². The first-order valence-corrected chi connectivity index (χ1v) is 33.7. The number of benzene rings is 6. The maximum absolute atomic E-state index is 15.0. The lowest BCUT2D eigenvalue weighted by atomic mass is 9.90. The van der Waals surface area contributed by atoms with Crippen LogP contribution in [0.3, 0.4) is 0 Å². The summed E-state index contributed by atoms with van der Waals surface area (Å²) in [6.45, 7) is 2.40. The maximum atomic E-state index is 15.0. The molecule has 4 saturated heterocycles. The summed E-state index contributed by atoms with van der Waals surface area (Å²) in [4.78, 5) is 37.8. The number of halogens is 10. The summed E-state index contributed by atoms with van der Waals surface area (Å²) >= 11 is 38.4. The fraction of sp³-hybridized carbons (Fsp3) is 0.313. The Labute approximate surface area is 601 Å². The Balaban J connectivity index is 0.692. The van der Waals surface area contributed by atoms with E-state index in [1.807, 2.05) is 60.7 Å². The van der Waals surface area contributed by atoms with Crippen LogP contribution in [0.1, 0.15) is 84.1 Å². The molecule has 10 aromatic rings. The van der Waals surface area contributed by atoms with E-state index >= 15 is 0 Å². The van der Waals surface area contributed by atoms with E-state index in [0.29, 0.717) is 57.0 Å². The van der Waals surface area contributed by atoms with Crippen molar-refractivity contribution in [2.45, 2.75) is 100 Å². The van der Waals surface area contributed by atoms with Gasteiger partial charge >= 0.3 is 0 Å². The van der Waals surface area contributed by atoms with Crippen molar-refractivity contribution < 1.29 is 65.0 Å². The van der Waals surface area contributed by atoms with Gasteiger partial charge in [-0.3, -0.25) is 9.59 Å². The predicted molar refractivity (Wildman–Crippen MR) is 356 cm³/mol. The lowest BCUT2D eigenvalue weighted by Crippen LogP contribution is -2.58. The van der Waals surface area contributed by atoms with Crippen LogP contribution in [0, 0.1) is 37.1 Å². The highest BCUT2D eigenvalue weighted by Gasteiger charge is 2.57. The van der Waals surface area contributed by atoms with Crippen LogP contribution in [0.2, 0.25) is 30.1 Å². The van der Waals surface area contributed by atoms with E-state index in [-0.39, 0.29) is 63.9 Å². The number of fused-ring (bicyclic) bond motifs is 2. The minimum atomic E-state index is -1.25. The molecule has 0 spiro atoms. The summed E-state index contributed by atoms with van der Waals surface area (Å²) in [5.74, 6) is -4.25. The standard InChI is InChI=1S/C67H56Cl6F4N14O10/c1-32-80-63(90(84-32)48-25-38(68)15-17-40(48)70)61-58(55(57-50(97-61)29-96-65(98-57)34-11-5-3-6-12-34)88-27-46(82-86-88)36-21-42(74)53(72)43(75)22-36)94-30-51(92)78-19-9-10-20-79-52(93)31-95-59-56(89-28-47(83-87-89)37-23-44(76)54(73)45(77)24-37)60-67(101-66(99-60)35-13-7-4-8-14-35)100-62(59)64-81-33(2)85-91(64)49-26-39(69)16-18-41(49)71/h3-8,11-18,21-28,50,55-62,65-67H,9-10,19-20,29-31H2,1-2H3,(H,78,92)(H,79,93). The van der Waals surface area contributed by atoms with Crippen molar-refractivity contribution in [2.75, 3.05) is 32.9 Å². The van der Waals surface area contributed by atoms with E-state index in [2.05, 4.69) is 41.5 Å². The van der Waals surface area contributed by atoms with Gasteiger partial charge in [-0.25, -0.2) is 46.3 Å². The summed E-state index contributed by atoms with van der Waals surface area (Å²) in [6, 6.07) is 29.8. The molecule has 4 aliphatic rings. The Morgan fingerprint density at radius 2 is 0.990 bits per heavy atom. The number of rotatable bonds is 21. The van der Waals surface area contributed by atoms with E-state index in [1.165, 1.54) is 31.1 Å². The topological polar surface area (TPSA) is 255 Å². The number of aryl methyl sites for hydroxylation is 2. The molecule has 0 saturated carbocycles. The van der Waals surface area contributed by atoms with Crippen molar-refractivity contribution in [3.8, 4) is 33.9 Å². The first kappa shape index (κ1) is 70.0. The normalized spacial score (nSPS) is 23.4. The molecule has 4 aliphatic heterocycles. The third-order valence-electron chi connectivity index (χ3n) is 17.1. The molecule has 8 heterocycles. The van der Waals surface area contributed by atoms with Crippen LogP contribution in [0.25, 0.3) is 33.9 Å². The first-order chi connectivity index (χ1) is 48.8. The highest BCUT2D eigenvalue weighted by atomic mass is 35.5. The molecule has 34 heteroatoms. The molecule has 101 heavy (non-hydrogen) atoms. The summed E-state index contributed by atoms with van der Waals surface area (Å²) in [5, 5.41) is 32.4. The third kappa shape index (κ3) is 14.8. The average Bonchev–Trinajstić information content (AvgIpc) is 1.70. The van der Waals surface area contributed by atoms with Gasteiger partial charge in [0, 0.05) is 45.4 Å². The molecule has 24 nitrogen and oxygen atoms in total. The average molecular weight is 1510 g/mol. The van der Waals surface area contributed by atoms with E-state index in [1.54, 1.807) is 50.2 Å². The molecule has 6 aromatic carbocycles. The van der Waals surface area contributed by atoms with Crippen molar-refractivity contribution >= 4 is 81.4 Å². The molecule has 12 atom stereocenters. The van der Waals surface area contributed by atoms with Crippen LogP contribution in [0.4, 0.5) is 17.6 Å². The zero-order valence-electron chi connectivity index (χ0n) is 52.8. The van der Waals surface area contributed by atoms with E-state index in [9.17, 15) is 27.2 Å². The van der Waals surface area contributed by atoms with Gasteiger partial charge in [0.05, 0.1) is 40.4 Å². The fourth-order valence-electron chi connectivity index (χ4n) is 12.5. The number of hydrogen-bond acceptors (Lipinski definition) is 18. The van der Waals surface area contributed by atoms with Crippen LogP contribution < -0.4 is 10.6 Å². The SMILES string of the molecule is Cc1nc(C2OC3COC(c4ccccc4)OC3C(n3cc(-c4cc(F)c(Cl)c(F)c4)nn3)C2OCC(=O)NCCCCNC(=O)COC2C(c3nc(C)nn3-c3cc(Cl)ccc3Cl)OC3OC(c4ccccc4)OC3C2n2cc(-c3cc(F)c(Cl)c(F)c3)nn2)n(-c2cc(Cl)ccc2Cl)n1. The molecule has 4 fully saturated rings. The predicted octanol–water partition coefficient (Wildman–Crippen LogP) is 12.5.